The molecule has 6 aromatic rings. The third kappa shape index (κ3) is 12.1. The zero-order chi connectivity index (χ0) is 54.7. The molecule has 2 aromatic carbocycles. The summed E-state index contributed by atoms with van der Waals surface area (Å²) in [6, 6.07) is 24.4. The molecule has 6 aliphatic rings. The third-order valence-corrected chi connectivity index (χ3v) is 16.9. The maximum atomic E-state index is 12.4. The average Bonchev–Trinajstić information content (AvgIpc) is 4.45. The van der Waals surface area contributed by atoms with Crippen molar-refractivity contribution in [3.63, 3.8) is 0 Å². The highest BCUT2D eigenvalue weighted by Crippen LogP contribution is 2.40. The van der Waals surface area contributed by atoms with Crippen molar-refractivity contribution in [2.45, 2.75) is 113 Å². The number of carbonyl (C=O) groups excluding carboxylic acids is 1. The topological polar surface area (TPSA) is 204 Å². The molecule has 4 saturated heterocycles. The van der Waals surface area contributed by atoms with Crippen LogP contribution in [0.3, 0.4) is 0 Å². The van der Waals surface area contributed by atoms with E-state index < -0.39 is 5.60 Å². The van der Waals surface area contributed by atoms with Crippen molar-refractivity contribution in [1.82, 2.24) is 39.4 Å². The van der Waals surface area contributed by atoms with Crippen LogP contribution in [0, 0.1) is 0 Å². The fourth-order valence-electron chi connectivity index (χ4n) is 11.8. The van der Waals surface area contributed by atoms with Gasteiger partial charge in [0, 0.05) is 111 Å². The number of ether oxygens (including phenoxy) is 1. The summed E-state index contributed by atoms with van der Waals surface area (Å²) in [5, 5.41) is 50.9. The number of nitrogens with zero attached hydrogens (tertiary/aromatic N) is 13. The molecule has 4 aromatic heterocycles. The number of halogens is 2. The van der Waals surface area contributed by atoms with Crippen molar-refractivity contribution >= 4 is 88.7 Å². The molecule has 0 spiro atoms. The summed E-state index contributed by atoms with van der Waals surface area (Å²) in [5.41, 5.74) is 4.95. The minimum Gasteiger partial charge on any atom is -0.444 e. The first-order valence-corrected chi connectivity index (χ1v) is 28.5. The monoisotopic (exact) mass is 1110 g/mol. The van der Waals surface area contributed by atoms with Gasteiger partial charge in [-0.2, -0.15) is 9.97 Å². The number of hydrogen-bond donors (Lipinski definition) is 5. The number of aliphatic hydroxyl groups is 2. The molecule has 6 aliphatic heterocycles. The Balaban J connectivity index is 0.000000170. The number of piperidine rings is 4. The molecule has 1 amide bonds. The molecule has 12 rings (SSSR count). The van der Waals surface area contributed by atoms with Gasteiger partial charge < -0.3 is 45.6 Å². The van der Waals surface area contributed by atoms with Gasteiger partial charge >= 0.3 is 6.09 Å². The summed E-state index contributed by atoms with van der Waals surface area (Å²) >= 11 is 12.2. The van der Waals surface area contributed by atoms with Gasteiger partial charge in [0.1, 0.15) is 18.0 Å². The predicted molar refractivity (Wildman–Crippen MR) is 310 cm³/mol. The number of rotatable bonds is 12. The van der Waals surface area contributed by atoms with Crippen LogP contribution in [0.25, 0.3) is 11.3 Å². The standard InChI is InChI=1S/C31H40ClN8O3.C26H32ClN8O/c1-30(2,3)43-29(42)38-15-10-25(11-16-38)40-20-24(19-33-40)34-28-35-27-26(5-4-14-39(27)36-28)37-17-12-31(21-41,13-18-37)22-6-8-23(32)9-7-22;27-20-5-3-19(4-6-20)26(18-36)9-14-33(15-10-26)23-2-1-13-34-24(23)31-25(32-34)30-21-16-29-35(17-21)22-7-11-28-12-8-22/h4-9,14,19-20,24-25,41H,10-13,15-18,21H2,1-3H3,(H,34,36);1-6,13,16-17,21-22,28,36H,7-12,14-15,18H2,(H,30,32)/q2*+1. The van der Waals surface area contributed by atoms with Crippen LogP contribution in [-0.4, -0.2) is 180 Å². The summed E-state index contributed by atoms with van der Waals surface area (Å²) in [6.45, 7) is 12.5. The number of nitrogens with one attached hydrogen (secondary N) is 3. The zero-order valence-corrected chi connectivity index (χ0v) is 46.7. The van der Waals surface area contributed by atoms with Crippen molar-refractivity contribution in [3.8, 4) is 0 Å². The van der Waals surface area contributed by atoms with Crippen LogP contribution in [0.4, 0.5) is 28.1 Å². The minimum atomic E-state index is -0.496. The summed E-state index contributed by atoms with van der Waals surface area (Å²) in [4.78, 5) is 28.6. The Morgan fingerprint density at radius 2 is 1.09 bits per heavy atom. The molecule has 0 aliphatic carbocycles. The van der Waals surface area contributed by atoms with Gasteiger partial charge in [-0.3, -0.25) is 0 Å². The van der Waals surface area contributed by atoms with E-state index in [2.05, 4.69) is 75.4 Å². The van der Waals surface area contributed by atoms with Crippen LogP contribution in [0.5, 0.6) is 0 Å². The third-order valence-electron chi connectivity index (χ3n) is 16.4. The molecule has 2 unspecified atom stereocenters. The molecule has 20 nitrogen and oxygen atoms in total. The van der Waals surface area contributed by atoms with E-state index in [0.717, 1.165) is 124 Å². The Bertz CT molecular complexity index is 3210. The molecular formula is C57H72Cl2N16O4+2. The molecule has 2 atom stereocenters. The number of hydrogen-bond acceptors (Lipinski definition) is 15. The second-order valence-corrected chi connectivity index (χ2v) is 23.5. The van der Waals surface area contributed by atoms with Crippen LogP contribution in [-0.2, 0) is 15.6 Å². The molecule has 416 valence electrons. The highest BCUT2D eigenvalue weighted by molar-refractivity contribution is 6.30. The summed E-state index contributed by atoms with van der Waals surface area (Å²) in [7, 11) is 0. The van der Waals surface area contributed by atoms with Crippen molar-refractivity contribution in [2.24, 2.45) is 10.2 Å². The number of carbonyl (C=O) groups is 1. The quantitative estimate of drug-likeness (QED) is 0.0811. The minimum absolute atomic E-state index is 0.0275. The maximum absolute atomic E-state index is 12.4. The van der Waals surface area contributed by atoms with E-state index in [1.807, 2.05) is 115 Å². The number of pyridine rings is 2. The number of amides is 1. The highest BCUT2D eigenvalue weighted by atomic mass is 35.5. The molecular weight excluding hydrogens is 1040 g/mol. The zero-order valence-electron chi connectivity index (χ0n) is 45.2. The molecule has 0 radical (unpaired) electrons. The van der Waals surface area contributed by atoms with Crippen LogP contribution < -0.4 is 25.8 Å². The summed E-state index contributed by atoms with van der Waals surface area (Å²) in [5.74, 6) is 1.12. The van der Waals surface area contributed by atoms with Gasteiger partial charge in [0.25, 0.3) is 0 Å². The number of fused-ring (bicyclic) bond motifs is 2. The van der Waals surface area contributed by atoms with E-state index in [1.165, 1.54) is 0 Å². The van der Waals surface area contributed by atoms with E-state index in [4.69, 9.17) is 37.9 Å². The van der Waals surface area contributed by atoms with Crippen LogP contribution >= 0.6 is 23.2 Å². The van der Waals surface area contributed by atoms with Crippen molar-refractivity contribution < 1.29 is 29.1 Å². The van der Waals surface area contributed by atoms with Crippen molar-refractivity contribution in [3.05, 3.63) is 106 Å². The van der Waals surface area contributed by atoms with E-state index in [1.54, 1.807) is 9.42 Å². The lowest BCUT2D eigenvalue weighted by Crippen LogP contribution is -2.45. The molecule has 0 bridgehead atoms. The number of aliphatic hydroxyl groups excluding tert-OH is 2. The predicted octanol–water partition coefficient (Wildman–Crippen LogP) is 6.70. The van der Waals surface area contributed by atoms with Crippen molar-refractivity contribution in [1.29, 1.82) is 0 Å². The molecule has 4 fully saturated rings. The van der Waals surface area contributed by atoms with Gasteiger partial charge in [0.2, 0.25) is 24.3 Å². The Hall–Kier alpha value is -6.71. The van der Waals surface area contributed by atoms with Gasteiger partial charge in [-0.15, -0.1) is 10.2 Å². The fourth-order valence-corrected chi connectivity index (χ4v) is 12.1. The Morgan fingerprint density at radius 1 is 0.658 bits per heavy atom. The second kappa shape index (κ2) is 23.2. The number of hydrazone groups is 2. The second-order valence-electron chi connectivity index (χ2n) is 22.7. The molecule has 22 heteroatoms. The number of likely N-dealkylation sites (tertiary alicyclic amines) is 1. The molecule has 0 saturated carbocycles. The van der Waals surface area contributed by atoms with Gasteiger partial charge in [0.05, 0.1) is 24.6 Å². The van der Waals surface area contributed by atoms with Gasteiger partial charge in [-0.25, -0.2) is 13.8 Å². The lowest BCUT2D eigenvalue weighted by Gasteiger charge is -2.42. The molecule has 5 N–H and O–H groups in total. The van der Waals surface area contributed by atoms with Crippen LogP contribution in [0.2, 0.25) is 10.0 Å². The molecule has 79 heavy (non-hydrogen) atoms. The van der Waals surface area contributed by atoms with E-state index in [0.29, 0.717) is 41.1 Å². The normalized spacial score (nSPS) is 21.5. The Labute approximate surface area is 470 Å². The van der Waals surface area contributed by atoms with Crippen LogP contribution in [0.15, 0.2) is 95.4 Å². The largest absolute Gasteiger partial charge is 0.444 e. The van der Waals surface area contributed by atoms with Gasteiger partial charge in [-0.1, -0.05) is 56.8 Å². The lowest BCUT2D eigenvalue weighted by atomic mass is 9.73. The molecule has 10 heterocycles. The van der Waals surface area contributed by atoms with Gasteiger partial charge in [-0.05, 0) is 116 Å². The summed E-state index contributed by atoms with van der Waals surface area (Å²) in [6.07, 6.45) is 18.7. The Kier molecular flexibility index (Phi) is 15.9. The van der Waals surface area contributed by atoms with E-state index in [9.17, 15) is 15.0 Å². The Morgan fingerprint density at radius 3 is 1.51 bits per heavy atom. The maximum Gasteiger partial charge on any atom is 0.410 e. The first-order valence-electron chi connectivity index (χ1n) is 27.8. The van der Waals surface area contributed by atoms with Crippen molar-refractivity contribution in [2.75, 3.05) is 86.0 Å². The summed E-state index contributed by atoms with van der Waals surface area (Å²) < 4.78 is 13.2. The fraction of sp³-hybridized carbons (Fsp3) is 0.491. The van der Waals surface area contributed by atoms with Gasteiger partial charge in [0.15, 0.2) is 35.5 Å². The average molecular weight is 1120 g/mol. The first kappa shape index (κ1) is 54.3. The first-order chi connectivity index (χ1) is 38.3. The smallest absolute Gasteiger partial charge is 0.410 e. The highest BCUT2D eigenvalue weighted by Gasteiger charge is 2.39. The number of benzene rings is 2. The SMILES string of the molecule is CC(C)(C)OC(=O)N1CCC([N+]2=CC(Nc3nc4c(N5CCC(CO)(c6ccc(Cl)cc6)CC5)cccn4n3)C=N2)CC1.OCC1(c2ccc(Cl)cc2)CCN(c2cccn3nc(NC4C=N[N+](C5CCNCC5)=C4)nc23)CC1. The van der Waals surface area contributed by atoms with E-state index in [-0.39, 0.29) is 48.3 Å². The number of anilines is 4. The van der Waals surface area contributed by atoms with Crippen LogP contribution in [0.1, 0.15) is 83.3 Å². The number of aromatic nitrogens is 6. The lowest BCUT2D eigenvalue weighted by molar-refractivity contribution is -0.568. The van der Waals surface area contributed by atoms with E-state index >= 15 is 0 Å².